The van der Waals surface area contributed by atoms with Gasteiger partial charge >= 0.3 is 0 Å². The zero-order valence-corrected chi connectivity index (χ0v) is 12.1. The molecule has 0 spiro atoms. The third-order valence-corrected chi connectivity index (χ3v) is 4.44. The fraction of sp³-hybridized carbons (Fsp3) is 0.800. The maximum atomic E-state index is 5.63. The molecule has 0 amide bonds. The van der Waals surface area contributed by atoms with E-state index >= 15 is 0 Å². The molecule has 4 heteroatoms. The van der Waals surface area contributed by atoms with Crippen molar-refractivity contribution in [1.29, 1.82) is 0 Å². The lowest BCUT2D eigenvalue weighted by Gasteiger charge is -2.32. The molecule has 0 bridgehead atoms. The summed E-state index contributed by atoms with van der Waals surface area (Å²) in [5.74, 6) is 1.66. The van der Waals surface area contributed by atoms with Gasteiger partial charge in [0.2, 0.25) is 0 Å². The quantitative estimate of drug-likeness (QED) is 0.887. The van der Waals surface area contributed by atoms with E-state index in [2.05, 4.69) is 29.0 Å². The van der Waals surface area contributed by atoms with E-state index < -0.39 is 0 Å². The van der Waals surface area contributed by atoms with E-state index in [4.69, 9.17) is 4.42 Å². The number of aromatic nitrogens is 1. The van der Waals surface area contributed by atoms with Crippen LogP contribution < -0.4 is 10.2 Å². The van der Waals surface area contributed by atoms with Gasteiger partial charge in [0, 0.05) is 25.7 Å². The summed E-state index contributed by atoms with van der Waals surface area (Å²) in [5.41, 5.74) is 1.04. The van der Waals surface area contributed by atoms with Gasteiger partial charge in [0.1, 0.15) is 6.26 Å². The molecule has 1 saturated carbocycles. The van der Waals surface area contributed by atoms with E-state index in [1.165, 1.54) is 25.7 Å². The van der Waals surface area contributed by atoms with E-state index in [9.17, 15) is 0 Å². The predicted molar refractivity (Wildman–Crippen MR) is 76.1 cm³/mol. The largest absolute Gasteiger partial charge is 0.432 e. The number of hydrogen-bond donors (Lipinski definition) is 1. The van der Waals surface area contributed by atoms with Crippen LogP contribution in [0.5, 0.6) is 0 Å². The molecular formula is C15H25N3O. The first-order chi connectivity index (χ1) is 9.22. The fourth-order valence-electron chi connectivity index (χ4n) is 2.82. The SMILES string of the molecule is CC(C)C1CCN(c2nc(CNC3CC3)co2)CC1. The Morgan fingerprint density at radius 3 is 2.68 bits per heavy atom. The molecule has 2 fully saturated rings. The molecule has 19 heavy (non-hydrogen) atoms. The summed E-state index contributed by atoms with van der Waals surface area (Å²) in [4.78, 5) is 6.89. The highest BCUT2D eigenvalue weighted by atomic mass is 16.4. The average molecular weight is 263 g/mol. The summed E-state index contributed by atoms with van der Waals surface area (Å²) in [5, 5.41) is 3.47. The van der Waals surface area contributed by atoms with Crippen molar-refractivity contribution >= 4 is 6.01 Å². The predicted octanol–water partition coefficient (Wildman–Crippen LogP) is 2.80. The molecule has 4 nitrogen and oxygen atoms in total. The van der Waals surface area contributed by atoms with E-state index in [1.54, 1.807) is 6.26 Å². The average Bonchev–Trinajstić information content (AvgIpc) is 3.13. The Morgan fingerprint density at radius 1 is 1.32 bits per heavy atom. The number of anilines is 1. The molecule has 1 aromatic heterocycles. The molecule has 0 radical (unpaired) electrons. The van der Waals surface area contributed by atoms with Gasteiger partial charge in [-0.1, -0.05) is 13.8 Å². The minimum atomic E-state index is 0.724. The van der Waals surface area contributed by atoms with Gasteiger partial charge in [-0.15, -0.1) is 0 Å². The van der Waals surface area contributed by atoms with Gasteiger partial charge in [0.25, 0.3) is 6.01 Å². The normalized spacial score (nSPS) is 21.3. The van der Waals surface area contributed by atoms with Gasteiger partial charge in [-0.25, -0.2) is 0 Å². The van der Waals surface area contributed by atoms with E-state index in [1.807, 2.05) is 0 Å². The smallest absolute Gasteiger partial charge is 0.297 e. The van der Waals surface area contributed by atoms with Crippen LogP contribution >= 0.6 is 0 Å². The Hall–Kier alpha value is -1.03. The molecule has 1 aromatic rings. The second kappa shape index (κ2) is 5.53. The van der Waals surface area contributed by atoms with Crippen molar-refractivity contribution in [3.8, 4) is 0 Å². The third-order valence-electron chi connectivity index (χ3n) is 4.44. The summed E-state index contributed by atoms with van der Waals surface area (Å²) in [6.07, 6.45) is 6.95. The first kappa shape index (κ1) is 13.0. The molecule has 0 aromatic carbocycles. The molecular weight excluding hydrogens is 238 g/mol. The molecule has 0 atom stereocenters. The van der Waals surface area contributed by atoms with Crippen molar-refractivity contribution in [1.82, 2.24) is 10.3 Å². The maximum Gasteiger partial charge on any atom is 0.297 e. The van der Waals surface area contributed by atoms with Crippen LogP contribution in [-0.2, 0) is 6.54 Å². The lowest BCUT2D eigenvalue weighted by molar-refractivity contribution is 0.304. The summed E-state index contributed by atoms with van der Waals surface area (Å²) < 4.78 is 5.63. The van der Waals surface area contributed by atoms with Gasteiger partial charge in [0.15, 0.2) is 0 Å². The van der Waals surface area contributed by atoms with Gasteiger partial charge in [0.05, 0.1) is 5.69 Å². The van der Waals surface area contributed by atoms with Gasteiger partial charge < -0.3 is 14.6 Å². The third kappa shape index (κ3) is 3.30. The van der Waals surface area contributed by atoms with Crippen LogP contribution in [0.1, 0.15) is 45.2 Å². The van der Waals surface area contributed by atoms with Crippen molar-refractivity contribution in [2.24, 2.45) is 11.8 Å². The zero-order valence-electron chi connectivity index (χ0n) is 12.1. The monoisotopic (exact) mass is 263 g/mol. The number of nitrogens with one attached hydrogen (secondary N) is 1. The topological polar surface area (TPSA) is 41.3 Å². The molecule has 0 unspecified atom stereocenters. The second-order valence-electron chi connectivity index (χ2n) is 6.35. The van der Waals surface area contributed by atoms with Crippen LogP contribution in [0, 0.1) is 11.8 Å². The summed E-state index contributed by atoms with van der Waals surface area (Å²) >= 11 is 0. The number of rotatable bonds is 5. The Morgan fingerprint density at radius 2 is 2.05 bits per heavy atom. The van der Waals surface area contributed by atoms with Crippen molar-refractivity contribution < 1.29 is 4.42 Å². The standard InChI is InChI=1S/C15H25N3O/c1-11(2)12-5-7-18(8-6-12)15-17-14(10-19-15)9-16-13-3-4-13/h10-13,16H,3-9H2,1-2H3. The van der Waals surface area contributed by atoms with Crippen molar-refractivity contribution in [2.45, 2.75) is 52.1 Å². The first-order valence-corrected chi connectivity index (χ1v) is 7.65. The number of hydrogen-bond acceptors (Lipinski definition) is 4. The van der Waals surface area contributed by atoms with E-state index in [0.29, 0.717) is 0 Å². The Bertz CT molecular complexity index is 403. The molecule has 1 aliphatic carbocycles. The van der Waals surface area contributed by atoms with Gasteiger partial charge in [-0.05, 0) is 37.5 Å². The second-order valence-corrected chi connectivity index (χ2v) is 6.35. The van der Waals surface area contributed by atoms with Crippen LogP contribution in [0.15, 0.2) is 10.7 Å². The zero-order chi connectivity index (χ0) is 13.2. The summed E-state index contributed by atoms with van der Waals surface area (Å²) in [7, 11) is 0. The van der Waals surface area contributed by atoms with Crippen LogP contribution in [0.4, 0.5) is 6.01 Å². The van der Waals surface area contributed by atoms with Crippen LogP contribution in [0.2, 0.25) is 0 Å². The van der Waals surface area contributed by atoms with Crippen molar-refractivity contribution in [2.75, 3.05) is 18.0 Å². The number of oxazole rings is 1. The Balaban J connectivity index is 1.51. The minimum absolute atomic E-state index is 0.724. The summed E-state index contributed by atoms with van der Waals surface area (Å²) in [6, 6.07) is 1.54. The molecule has 1 aliphatic heterocycles. The molecule has 1 N–H and O–H groups in total. The van der Waals surface area contributed by atoms with Crippen LogP contribution in [0.3, 0.4) is 0 Å². The van der Waals surface area contributed by atoms with E-state index in [-0.39, 0.29) is 0 Å². The molecule has 106 valence electrons. The Kier molecular flexibility index (Phi) is 3.78. The lowest BCUT2D eigenvalue weighted by atomic mass is 9.87. The van der Waals surface area contributed by atoms with E-state index in [0.717, 1.165) is 49.2 Å². The highest BCUT2D eigenvalue weighted by molar-refractivity contribution is 5.27. The van der Waals surface area contributed by atoms with Crippen LogP contribution in [0.25, 0.3) is 0 Å². The first-order valence-electron chi connectivity index (χ1n) is 7.65. The molecule has 3 rings (SSSR count). The lowest BCUT2D eigenvalue weighted by Crippen LogP contribution is -2.35. The minimum Gasteiger partial charge on any atom is -0.432 e. The molecule has 2 heterocycles. The van der Waals surface area contributed by atoms with Crippen molar-refractivity contribution in [3.05, 3.63) is 12.0 Å². The summed E-state index contributed by atoms with van der Waals surface area (Å²) in [6.45, 7) is 7.66. The highest BCUT2D eigenvalue weighted by Gasteiger charge is 2.24. The van der Waals surface area contributed by atoms with Crippen molar-refractivity contribution in [3.63, 3.8) is 0 Å². The number of nitrogens with zero attached hydrogens (tertiary/aromatic N) is 2. The molecule has 2 aliphatic rings. The maximum absolute atomic E-state index is 5.63. The molecule has 1 saturated heterocycles. The van der Waals surface area contributed by atoms with Gasteiger partial charge in [-0.3, -0.25) is 0 Å². The Labute approximate surface area is 115 Å². The van der Waals surface area contributed by atoms with Gasteiger partial charge in [-0.2, -0.15) is 4.98 Å². The highest BCUT2D eigenvalue weighted by Crippen LogP contribution is 2.27. The van der Waals surface area contributed by atoms with Crippen LogP contribution in [-0.4, -0.2) is 24.1 Å². The number of piperidine rings is 1. The fourth-order valence-corrected chi connectivity index (χ4v) is 2.82.